The summed E-state index contributed by atoms with van der Waals surface area (Å²) in [5.74, 6) is 0.149. The van der Waals surface area contributed by atoms with Gasteiger partial charge >= 0.3 is 0 Å². The van der Waals surface area contributed by atoms with E-state index in [4.69, 9.17) is 4.74 Å². The quantitative estimate of drug-likeness (QED) is 0.742. The lowest BCUT2D eigenvalue weighted by atomic mass is 10.1. The molecular formula is C20H24N2O4S2. The molecule has 1 atom stereocenters. The van der Waals surface area contributed by atoms with E-state index in [-0.39, 0.29) is 22.6 Å². The number of hydrogen-bond donors (Lipinski definition) is 0. The van der Waals surface area contributed by atoms with E-state index in [1.165, 1.54) is 22.4 Å². The molecule has 1 amide bonds. The second-order valence-corrected chi connectivity index (χ2v) is 10.0. The number of hydrogen-bond acceptors (Lipinski definition) is 5. The van der Waals surface area contributed by atoms with E-state index in [2.05, 4.69) is 6.07 Å². The smallest absolute Gasteiger partial charge is 0.254 e. The Balaban J connectivity index is 1.68. The standard InChI is InChI=1S/C20H24N2O4S2/c1-26-17-9-8-15(14-19(17)28(24,25)21-10-2-3-11-21)20(23)22-12-4-6-16(22)18-7-5-13-27-18/h5,7-9,13-14,16H,2-4,6,10-12H2,1H3/t16-/m0/s1. The molecule has 0 spiro atoms. The summed E-state index contributed by atoms with van der Waals surface area (Å²) in [5.41, 5.74) is 0.391. The zero-order valence-electron chi connectivity index (χ0n) is 15.8. The summed E-state index contributed by atoms with van der Waals surface area (Å²) in [6.45, 7) is 1.70. The largest absolute Gasteiger partial charge is 0.495 e. The van der Waals surface area contributed by atoms with Crippen molar-refractivity contribution in [2.45, 2.75) is 36.6 Å². The first-order valence-corrected chi connectivity index (χ1v) is 11.9. The van der Waals surface area contributed by atoms with Gasteiger partial charge in [0.15, 0.2) is 0 Å². The molecule has 3 heterocycles. The Hall–Kier alpha value is -1.90. The van der Waals surface area contributed by atoms with Crippen LogP contribution in [0.4, 0.5) is 0 Å². The van der Waals surface area contributed by atoms with Crippen molar-refractivity contribution in [2.75, 3.05) is 26.7 Å². The van der Waals surface area contributed by atoms with Gasteiger partial charge < -0.3 is 9.64 Å². The topological polar surface area (TPSA) is 66.9 Å². The molecule has 1 aromatic heterocycles. The van der Waals surface area contributed by atoms with Crippen molar-refractivity contribution >= 4 is 27.3 Å². The minimum atomic E-state index is -3.68. The molecule has 28 heavy (non-hydrogen) atoms. The van der Waals surface area contributed by atoms with Gasteiger partial charge in [-0.05, 0) is 55.3 Å². The highest BCUT2D eigenvalue weighted by molar-refractivity contribution is 7.89. The summed E-state index contributed by atoms with van der Waals surface area (Å²) >= 11 is 1.65. The van der Waals surface area contributed by atoms with Crippen LogP contribution < -0.4 is 4.74 Å². The number of rotatable bonds is 5. The summed E-state index contributed by atoms with van der Waals surface area (Å²) in [6, 6.07) is 8.85. The molecule has 4 rings (SSSR count). The Labute approximate surface area is 169 Å². The highest BCUT2D eigenvalue weighted by atomic mass is 32.2. The molecule has 0 saturated carbocycles. The van der Waals surface area contributed by atoms with Crippen LogP contribution >= 0.6 is 11.3 Å². The summed E-state index contributed by atoms with van der Waals surface area (Å²) in [6.07, 6.45) is 3.59. The lowest BCUT2D eigenvalue weighted by Crippen LogP contribution is -2.31. The average molecular weight is 421 g/mol. The van der Waals surface area contributed by atoms with Gasteiger partial charge in [-0.3, -0.25) is 4.79 Å². The first kappa shape index (κ1) is 19.4. The van der Waals surface area contributed by atoms with Crippen molar-refractivity contribution in [1.82, 2.24) is 9.21 Å². The lowest BCUT2D eigenvalue weighted by Gasteiger charge is -2.25. The lowest BCUT2D eigenvalue weighted by molar-refractivity contribution is 0.0737. The molecule has 150 valence electrons. The van der Waals surface area contributed by atoms with Crippen LogP contribution in [0.15, 0.2) is 40.6 Å². The maximum atomic E-state index is 13.2. The molecule has 2 aliphatic rings. The van der Waals surface area contributed by atoms with Gasteiger partial charge in [0, 0.05) is 30.1 Å². The Morgan fingerprint density at radius 2 is 1.93 bits per heavy atom. The molecule has 2 saturated heterocycles. The second kappa shape index (κ2) is 7.85. The van der Waals surface area contributed by atoms with Gasteiger partial charge in [-0.25, -0.2) is 8.42 Å². The minimum Gasteiger partial charge on any atom is -0.495 e. The monoisotopic (exact) mass is 420 g/mol. The van der Waals surface area contributed by atoms with Crippen molar-refractivity contribution in [3.63, 3.8) is 0 Å². The number of sulfonamides is 1. The van der Waals surface area contributed by atoms with E-state index in [9.17, 15) is 13.2 Å². The number of carbonyl (C=O) groups excluding carboxylic acids is 1. The molecule has 6 nitrogen and oxygen atoms in total. The summed E-state index contributed by atoms with van der Waals surface area (Å²) in [7, 11) is -2.23. The van der Waals surface area contributed by atoms with E-state index in [0.29, 0.717) is 25.2 Å². The van der Waals surface area contributed by atoms with E-state index in [0.717, 1.165) is 25.7 Å². The Kier molecular flexibility index (Phi) is 5.44. The third-order valence-corrected chi connectivity index (χ3v) is 8.37. The van der Waals surface area contributed by atoms with Crippen molar-refractivity contribution in [2.24, 2.45) is 0 Å². The number of thiophene rings is 1. The third kappa shape index (κ3) is 3.44. The van der Waals surface area contributed by atoms with Crippen LogP contribution in [0.25, 0.3) is 0 Å². The van der Waals surface area contributed by atoms with Crippen LogP contribution in [0.2, 0.25) is 0 Å². The van der Waals surface area contributed by atoms with Crippen LogP contribution in [-0.2, 0) is 10.0 Å². The molecular weight excluding hydrogens is 396 g/mol. The maximum Gasteiger partial charge on any atom is 0.254 e. The third-order valence-electron chi connectivity index (χ3n) is 5.48. The van der Waals surface area contributed by atoms with Gasteiger partial charge in [0.05, 0.1) is 13.2 Å². The van der Waals surface area contributed by atoms with Gasteiger partial charge in [-0.1, -0.05) is 6.07 Å². The Bertz CT molecular complexity index is 951. The highest BCUT2D eigenvalue weighted by Gasteiger charge is 2.34. The molecule has 0 radical (unpaired) electrons. The number of amides is 1. The van der Waals surface area contributed by atoms with Crippen molar-refractivity contribution in [3.05, 3.63) is 46.2 Å². The second-order valence-electron chi connectivity index (χ2n) is 7.15. The van der Waals surface area contributed by atoms with Gasteiger partial charge in [-0.15, -0.1) is 11.3 Å². The number of carbonyl (C=O) groups is 1. The van der Waals surface area contributed by atoms with Crippen molar-refractivity contribution in [1.29, 1.82) is 0 Å². The van der Waals surface area contributed by atoms with Gasteiger partial charge in [0.2, 0.25) is 10.0 Å². The highest BCUT2D eigenvalue weighted by Crippen LogP contribution is 2.36. The van der Waals surface area contributed by atoms with Crippen LogP contribution in [-0.4, -0.2) is 50.3 Å². The summed E-state index contributed by atoms with van der Waals surface area (Å²) < 4.78 is 32.9. The molecule has 1 aromatic carbocycles. The number of ether oxygens (including phenoxy) is 1. The zero-order valence-corrected chi connectivity index (χ0v) is 17.5. The fourth-order valence-electron chi connectivity index (χ4n) is 4.03. The number of benzene rings is 1. The predicted octanol–water partition coefficient (Wildman–Crippen LogP) is 3.52. The molecule has 2 aromatic rings. The average Bonchev–Trinajstić information content (AvgIpc) is 3.48. The van der Waals surface area contributed by atoms with Crippen molar-refractivity contribution < 1.29 is 17.9 Å². The normalized spacial score (nSPS) is 20.6. The molecule has 8 heteroatoms. The fourth-order valence-corrected chi connectivity index (χ4v) is 6.60. The number of likely N-dealkylation sites (tertiary alicyclic amines) is 1. The van der Waals surface area contributed by atoms with Crippen LogP contribution in [0.5, 0.6) is 5.75 Å². The maximum absolute atomic E-state index is 13.2. The molecule has 0 aliphatic carbocycles. The number of nitrogens with zero attached hydrogens (tertiary/aromatic N) is 2. The minimum absolute atomic E-state index is 0.0632. The number of methoxy groups -OCH3 is 1. The van der Waals surface area contributed by atoms with E-state index in [1.54, 1.807) is 23.5 Å². The molecule has 2 fully saturated rings. The van der Waals surface area contributed by atoms with Crippen LogP contribution in [0.1, 0.15) is 47.0 Å². The van der Waals surface area contributed by atoms with E-state index >= 15 is 0 Å². The van der Waals surface area contributed by atoms with Crippen molar-refractivity contribution in [3.8, 4) is 5.75 Å². The molecule has 0 N–H and O–H groups in total. The van der Waals surface area contributed by atoms with E-state index in [1.807, 2.05) is 16.3 Å². The Morgan fingerprint density at radius 3 is 2.61 bits per heavy atom. The SMILES string of the molecule is COc1ccc(C(=O)N2CCC[C@H]2c2cccs2)cc1S(=O)(=O)N1CCCC1. The van der Waals surface area contributed by atoms with Gasteiger partial charge in [-0.2, -0.15) is 4.31 Å². The van der Waals surface area contributed by atoms with E-state index < -0.39 is 10.0 Å². The van der Waals surface area contributed by atoms with Gasteiger partial charge in [0.1, 0.15) is 10.6 Å². The predicted molar refractivity (Wildman–Crippen MR) is 108 cm³/mol. The summed E-state index contributed by atoms with van der Waals surface area (Å²) in [5, 5.41) is 2.02. The Morgan fingerprint density at radius 1 is 1.14 bits per heavy atom. The molecule has 0 unspecified atom stereocenters. The first-order chi connectivity index (χ1) is 13.5. The summed E-state index contributed by atoms with van der Waals surface area (Å²) in [4.78, 5) is 16.3. The zero-order chi connectivity index (χ0) is 19.7. The molecule has 0 bridgehead atoms. The fraction of sp³-hybridized carbons (Fsp3) is 0.450. The first-order valence-electron chi connectivity index (χ1n) is 9.55. The van der Waals surface area contributed by atoms with Gasteiger partial charge in [0.25, 0.3) is 5.91 Å². The molecule has 2 aliphatic heterocycles. The van der Waals surface area contributed by atoms with Crippen LogP contribution in [0, 0.1) is 0 Å². The van der Waals surface area contributed by atoms with Crippen LogP contribution in [0.3, 0.4) is 0 Å².